The van der Waals surface area contributed by atoms with Crippen LogP contribution in [0.4, 0.5) is 0 Å². The van der Waals surface area contributed by atoms with Gasteiger partial charge < -0.3 is 10.7 Å². The lowest BCUT2D eigenvalue weighted by atomic mass is 10.6. The molecule has 0 aliphatic rings. The van der Waals surface area contributed by atoms with E-state index in [-0.39, 0.29) is 5.91 Å². The van der Waals surface area contributed by atoms with Crippen LogP contribution >= 0.6 is 0 Å². The Balaban J connectivity index is 2.22. The predicted octanol–water partition coefficient (Wildman–Crippen LogP) is 0.168. The molecule has 4 heteroatoms. The first kappa shape index (κ1) is 8.64. The summed E-state index contributed by atoms with van der Waals surface area (Å²) in [4.78, 5) is 11.0. The SMILES string of the molecule is CCNC(=O)CNn1cccc1. The Hall–Kier alpha value is -1.45. The van der Waals surface area contributed by atoms with E-state index >= 15 is 0 Å². The summed E-state index contributed by atoms with van der Waals surface area (Å²) in [5.41, 5.74) is 2.91. The molecule has 0 saturated heterocycles. The van der Waals surface area contributed by atoms with E-state index in [1.165, 1.54) is 0 Å². The molecule has 1 rings (SSSR count). The monoisotopic (exact) mass is 167 g/mol. The third-order valence-electron chi connectivity index (χ3n) is 1.40. The van der Waals surface area contributed by atoms with Crippen molar-refractivity contribution in [3.05, 3.63) is 24.5 Å². The van der Waals surface area contributed by atoms with Crippen LogP contribution in [0, 0.1) is 0 Å². The quantitative estimate of drug-likeness (QED) is 0.671. The second-order valence-electron chi connectivity index (χ2n) is 2.38. The summed E-state index contributed by atoms with van der Waals surface area (Å²) in [6, 6.07) is 3.79. The first-order valence-electron chi connectivity index (χ1n) is 3.96. The minimum absolute atomic E-state index is 0.00574. The molecular weight excluding hydrogens is 154 g/mol. The van der Waals surface area contributed by atoms with E-state index in [1.54, 1.807) is 4.68 Å². The zero-order valence-electron chi connectivity index (χ0n) is 7.08. The van der Waals surface area contributed by atoms with Crippen molar-refractivity contribution in [2.45, 2.75) is 6.92 Å². The number of likely N-dealkylation sites (N-methyl/N-ethyl adjacent to an activating group) is 1. The first-order chi connectivity index (χ1) is 5.83. The number of nitrogens with zero attached hydrogens (tertiary/aromatic N) is 1. The van der Waals surface area contributed by atoms with Crippen molar-refractivity contribution in [2.24, 2.45) is 0 Å². The molecule has 0 aliphatic carbocycles. The maximum absolute atomic E-state index is 11.0. The summed E-state index contributed by atoms with van der Waals surface area (Å²) < 4.78 is 1.75. The van der Waals surface area contributed by atoms with Gasteiger partial charge in [-0.3, -0.25) is 9.47 Å². The Labute approximate surface area is 71.5 Å². The molecule has 1 aromatic heterocycles. The minimum Gasteiger partial charge on any atom is -0.355 e. The number of carbonyl (C=O) groups is 1. The third-order valence-corrected chi connectivity index (χ3v) is 1.40. The molecule has 0 unspecified atom stereocenters. The second kappa shape index (κ2) is 4.43. The summed E-state index contributed by atoms with van der Waals surface area (Å²) in [5.74, 6) is 0.00574. The highest BCUT2D eigenvalue weighted by molar-refractivity contribution is 5.78. The molecule has 2 N–H and O–H groups in total. The van der Waals surface area contributed by atoms with Gasteiger partial charge in [0.15, 0.2) is 0 Å². The average molecular weight is 167 g/mol. The highest BCUT2D eigenvalue weighted by Crippen LogP contribution is 1.83. The van der Waals surface area contributed by atoms with Crippen molar-refractivity contribution in [3.8, 4) is 0 Å². The number of nitrogens with one attached hydrogen (secondary N) is 2. The van der Waals surface area contributed by atoms with Crippen molar-refractivity contribution >= 4 is 5.91 Å². The van der Waals surface area contributed by atoms with Crippen molar-refractivity contribution in [2.75, 3.05) is 18.5 Å². The van der Waals surface area contributed by atoms with Crippen molar-refractivity contribution in [1.29, 1.82) is 0 Å². The predicted molar refractivity (Wildman–Crippen MR) is 47.3 cm³/mol. The van der Waals surface area contributed by atoms with Crippen LogP contribution in [0.2, 0.25) is 0 Å². The maximum atomic E-state index is 11.0. The topological polar surface area (TPSA) is 46.1 Å². The Morgan fingerprint density at radius 1 is 1.42 bits per heavy atom. The zero-order chi connectivity index (χ0) is 8.81. The van der Waals surface area contributed by atoms with E-state index in [2.05, 4.69) is 10.7 Å². The zero-order valence-corrected chi connectivity index (χ0v) is 7.08. The average Bonchev–Trinajstić information content (AvgIpc) is 2.53. The summed E-state index contributed by atoms with van der Waals surface area (Å²) in [5, 5.41) is 2.69. The summed E-state index contributed by atoms with van der Waals surface area (Å²) >= 11 is 0. The largest absolute Gasteiger partial charge is 0.355 e. The van der Waals surface area contributed by atoms with E-state index in [4.69, 9.17) is 0 Å². The van der Waals surface area contributed by atoms with Gasteiger partial charge in [-0.25, -0.2) is 0 Å². The minimum atomic E-state index is 0.00574. The van der Waals surface area contributed by atoms with Gasteiger partial charge in [-0.2, -0.15) is 0 Å². The fourth-order valence-electron chi connectivity index (χ4n) is 0.863. The van der Waals surface area contributed by atoms with Crippen molar-refractivity contribution in [1.82, 2.24) is 9.99 Å². The van der Waals surface area contributed by atoms with Crippen LogP contribution < -0.4 is 10.7 Å². The lowest BCUT2D eigenvalue weighted by Gasteiger charge is -2.06. The Bertz CT molecular complexity index is 230. The number of hydrogen-bond donors (Lipinski definition) is 2. The van der Waals surface area contributed by atoms with E-state index in [0.717, 1.165) is 0 Å². The van der Waals surface area contributed by atoms with Crippen LogP contribution in [-0.4, -0.2) is 23.7 Å². The molecule has 0 spiro atoms. The summed E-state index contributed by atoms with van der Waals surface area (Å²) in [7, 11) is 0. The van der Waals surface area contributed by atoms with Gasteiger partial charge in [0.1, 0.15) is 6.54 Å². The van der Waals surface area contributed by atoms with Gasteiger partial charge in [0.05, 0.1) is 0 Å². The van der Waals surface area contributed by atoms with Crippen LogP contribution in [0.1, 0.15) is 6.92 Å². The summed E-state index contributed by atoms with van der Waals surface area (Å²) in [6.45, 7) is 2.88. The number of hydrogen-bond acceptors (Lipinski definition) is 2. The molecule has 1 heterocycles. The van der Waals surface area contributed by atoms with Gasteiger partial charge in [0.25, 0.3) is 0 Å². The second-order valence-corrected chi connectivity index (χ2v) is 2.38. The molecular formula is C8H13N3O. The molecule has 0 bridgehead atoms. The smallest absolute Gasteiger partial charge is 0.240 e. The van der Waals surface area contributed by atoms with Crippen molar-refractivity contribution in [3.63, 3.8) is 0 Å². The van der Waals surface area contributed by atoms with Crippen molar-refractivity contribution < 1.29 is 4.79 Å². The van der Waals surface area contributed by atoms with E-state index < -0.39 is 0 Å². The molecule has 1 amide bonds. The molecule has 0 aliphatic heterocycles. The van der Waals surface area contributed by atoms with Crippen LogP contribution in [-0.2, 0) is 4.79 Å². The first-order valence-corrected chi connectivity index (χ1v) is 3.96. The normalized spacial score (nSPS) is 9.42. The molecule has 0 atom stereocenters. The maximum Gasteiger partial charge on any atom is 0.240 e. The lowest BCUT2D eigenvalue weighted by molar-refractivity contribution is -0.119. The number of rotatable bonds is 4. The highest BCUT2D eigenvalue weighted by Gasteiger charge is 1.96. The molecule has 66 valence electrons. The highest BCUT2D eigenvalue weighted by atomic mass is 16.2. The van der Waals surface area contributed by atoms with Crippen LogP contribution in [0.15, 0.2) is 24.5 Å². The van der Waals surface area contributed by atoms with Gasteiger partial charge in [0.2, 0.25) is 5.91 Å². The molecule has 0 saturated carbocycles. The molecule has 0 radical (unpaired) electrons. The standard InChI is InChI=1S/C8H13N3O/c1-2-9-8(12)7-10-11-5-3-4-6-11/h3-6,10H,2,7H2,1H3,(H,9,12). The lowest BCUT2D eigenvalue weighted by Crippen LogP contribution is -2.32. The molecule has 1 aromatic rings. The number of carbonyl (C=O) groups excluding carboxylic acids is 1. The Kier molecular flexibility index (Phi) is 3.19. The van der Waals surface area contributed by atoms with Gasteiger partial charge in [-0.15, -0.1) is 0 Å². The van der Waals surface area contributed by atoms with Crippen LogP contribution in [0.3, 0.4) is 0 Å². The van der Waals surface area contributed by atoms with Gasteiger partial charge in [-0.1, -0.05) is 0 Å². The number of amides is 1. The molecule has 0 aromatic carbocycles. The fourth-order valence-corrected chi connectivity index (χ4v) is 0.863. The van der Waals surface area contributed by atoms with Gasteiger partial charge >= 0.3 is 0 Å². The Morgan fingerprint density at radius 3 is 2.67 bits per heavy atom. The third kappa shape index (κ3) is 2.65. The van der Waals surface area contributed by atoms with Crippen LogP contribution in [0.5, 0.6) is 0 Å². The van der Waals surface area contributed by atoms with E-state index in [9.17, 15) is 4.79 Å². The van der Waals surface area contributed by atoms with E-state index in [0.29, 0.717) is 13.1 Å². The fraction of sp³-hybridized carbons (Fsp3) is 0.375. The molecule has 12 heavy (non-hydrogen) atoms. The summed E-state index contributed by atoms with van der Waals surface area (Å²) in [6.07, 6.45) is 3.69. The molecule has 0 fully saturated rings. The van der Waals surface area contributed by atoms with Gasteiger partial charge in [-0.05, 0) is 19.1 Å². The Morgan fingerprint density at radius 2 is 2.08 bits per heavy atom. The van der Waals surface area contributed by atoms with Crippen LogP contribution in [0.25, 0.3) is 0 Å². The van der Waals surface area contributed by atoms with Gasteiger partial charge in [0, 0.05) is 18.9 Å². The van der Waals surface area contributed by atoms with E-state index in [1.807, 2.05) is 31.5 Å². The number of aromatic nitrogens is 1. The molecule has 4 nitrogen and oxygen atoms in total.